The van der Waals surface area contributed by atoms with E-state index in [-0.39, 0.29) is 88.6 Å². The summed E-state index contributed by atoms with van der Waals surface area (Å²) in [4.78, 5) is 60.7. The number of aliphatic hydroxyl groups excluding tert-OH is 1. The van der Waals surface area contributed by atoms with Gasteiger partial charge in [0.25, 0.3) is 0 Å². The minimum Gasteiger partial charge on any atom is -0.447 e. The van der Waals surface area contributed by atoms with Crippen molar-refractivity contribution in [2.75, 3.05) is 45.2 Å². The van der Waals surface area contributed by atoms with Crippen LogP contribution in [0.3, 0.4) is 0 Å². The third-order valence-corrected chi connectivity index (χ3v) is 8.64. The number of carbonyl (C=O) groups is 4. The molecule has 1 aliphatic heterocycles. The van der Waals surface area contributed by atoms with Crippen molar-refractivity contribution in [2.45, 2.75) is 71.6 Å². The fourth-order valence-electron chi connectivity index (χ4n) is 5.46. The number of nitrogens with zero attached hydrogens (tertiary/aromatic N) is 4. The van der Waals surface area contributed by atoms with Gasteiger partial charge in [-0.25, -0.2) is 19.0 Å². The number of pyridine rings is 1. The second kappa shape index (κ2) is 18.0. The number of nitrogens with one attached hydrogen (secondary N) is 1. The third kappa shape index (κ3) is 11.0. The maximum absolute atomic E-state index is 13.9. The molecule has 1 unspecified atom stereocenters. The SMILES string of the molecule is C.CN(C(=O)CCc1cccc(F)c1Cl)[C@@H](CCC(=O)N1CCN(C(=O)OC(C)(C)C)C(CO)C1)COC(=O)Nc1cc2ccccc2cn1. The van der Waals surface area contributed by atoms with E-state index in [4.69, 9.17) is 21.1 Å². The van der Waals surface area contributed by atoms with Crippen LogP contribution in [0.4, 0.5) is 19.8 Å². The average Bonchev–Trinajstić information content (AvgIpc) is 3.07. The highest BCUT2D eigenvalue weighted by Crippen LogP contribution is 2.22. The van der Waals surface area contributed by atoms with Crippen LogP contribution < -0.4 is 5.32 Å². The van der Waals surface area contributed by atoms with E-state index in [0.717, 1.165) is 10.8 Å². The van der Waals surface area contributed by atoms with E-state index in [2.05, 4.69) is 10.3 Å². The number of hydrogen-bond acceptors (Lipinski definition) is 8. The molecule has 0 aliphatic carbocycles. The predicted octanol–water partition coefficient (Wildman–Crippen LogP) is 5.89. The molecule has 4 amide bonds. The highest BCUT2D eigenvalue weighted by atomic mass is 35.5. The van der Waals surface area contributed by atoms with Gasteiger partial charge in [-0.15, -0.1) is 0 Å². The van der Waals surface area contributed by atoms with Gasteiger partial charge in [0.1, 0.15) is 23.8 Å². The number of amides is 4. The number of aryl methyl sites for hydroxylation is 1. The van der Waals surface area contributed by atoms with Gasteiger partial charge in [0.05, 0.1) is 23.7 Å². The lowest BCUT2D eigenvalue weighted by Gasteiger charge is -2.41. The lowest BCUT2D eigenvalue weighted by Crippen LogP contribution is -2.58. The number of benzene rings is 2. The molecule has 14 heteroatoms. The minimum absolute atomic E-state index is 0. The van der Waals surface area contributed by atoms with Crippen molar-refractivity contribution >= 4 is 52.2 Å². The molecule has 0 spiro atoms. The molecule has 2 aromatic carbocycles. The van der Waals surface area contributed by atoms with Crippen LogP contribution in [0.25, 0.3) is 10.8 Å². The van der Waals surface area contributed by atoms with Crippen molar-refractivity contribution < 1.29 is 38.1 Å². The van der Waals surface area contributed by atoms with Crippen molar-refractivity contribution in [3.8, 4) is 0 Å². The molecule has 2 heterocycles. The Bertz CT molecular complexity index is 1650. The zero-order valence-electron chi connectivity index (χ0n) is 28.2. The van der Waals surface area contributed by atoms with Crippen LogP contribution >= 0.6 is 11.6 Å². The molecule has 50 heavy (non-hydrogen) atoms. The summed E-state index contributed by atoms with van der Waals surface area (Å²) in [5.74, 6) is -0.850. The van der Waals surface area contributed by atoms with E-state index < -0.39 is 35.7 Å². The molecule has 1 aliphatic rings. The Labute approximate surface area is 297 Å². The molecule has 0 bridgehead atoms. The van der Waals surface area contributed by atoms with Gasteiger partial charge >= 0.3 is 12.2 Å². The number of likely N-dealkylation sites (N-methyl/N-ethyl adjacent to an activating group) is 1. The van der Waals surface area contributed by atoms with Crippen LogP contribution in [0.15, 0.2) is 54.7 Å². The van der Waals surface area contributed by atoms with E-state index >= 15 is 0 Å². The van der Waals surface area contributed by atoms with Crippen LogP contribution in [0.2, 0.25) is 5.02 Å². The Hall–Kier alpha value is -4.49. The van der Waals surface area contributed by atoms with Crippen LogP contribution in [-0.4, -0.2) is 106 Å². The number of halogens is 2. The van der Waals surface area contributed by atoms with Gasteiger partial charge in [-0.05, 0) is 56.7 Å². The zero-order valence-corrected chi connectivity index (χ0v) is 28.9. The van der Waals surface area contributed by atoms with Gasteiger partial charge in [-0.3, -0.25) is 19.8 Å². The lowest BCUT2D eigenvalue weighted by molar-refractivity contribution is -0.137. The van der Waals surface area contributed by atoms with E-state index in [1.54, 1.807) is 51.0 Å². The maximum atomic E-state index is 13.9. The number of fused-ring (bicyclic) bond motifs is 1. The molecule has 0 saturated carbocycles. The van der Waals surface area contributed by atoms with E-state index in [9.17, 15) is 28.7 Å². The van der Waals surface area contributed by atoms with Gasteiger partial charge in [0.15, 0.2) is 0 Å². The number of hydrogen-bond donors (Lipinski definition) is 2. The Morgan fingerprint density at radius 3 is 2.52 bits per heavy atom. The van der Waals surface area contributed by atoms with Crippen molar-refractivity contribution in [1.29, 1.82) is 0 Å². The number of aliphatic hydroxyl groups is 1. The predicted molar refractivity (Wildman–Crippen MR) is 189 cm³/mol. The maximum Gasteiger partial charge on any atom is 0.412 e. The number of aromatic nitrogens is 1. The van der Waals surface area contributed by atoms with Crippen molar-refractivity contribution in [3.63, 3.8) is 0 Å². The first kappa shape index (κ1) is 39.9. The number of ether oxygens (including phenoxy) is 2. The summed E-state index contributed by atoms with van der Waals surface area (Å²) in [6.07, 6.45) is 0.626. The molecular weight excluding hydrogens is 669 g/mol. The third-order valence-electron chi connectivity index (χ3n) is 8.21. The van der Waals surface area contributed by atoms with Gasteiger partial charge in [0.2, 0.25) is 11.8 Å². The fourth-order valence-corrected chi connectivity index (χ4v) is 5.68. The first-order valence-corrected chi connectivity index (χ1v) is 16.5. The standard InChI is InChI=1S/C35H43ClFN5O7.CH4/c1-35(2,3)49-34(47)42-17-16-41(20-27(42)21-43)31(45)15-13-26(40(4)30(44)14-12-23-10-7-11-28(37)32(23)36)22-48-33(46)39-29-18-24-8-5-6-9-25(24)19-38-29;/h5-11,18-19,26-27,43H,12-17,20-22H2,1-4H3,(H,38,39,46);1H4/t26-,27?;/m0./s1. The summed E-state index contributed by atoms with van der Waals surface area (Å²) in [7, 11) is 1.55. The highest BCUT2D eigenvalue weighted by molar-refractivity contribution is 6.31. The molecule has 2 atom stereocenters. The summed E-state index contributed by atoms with van der Waals surface area (Å²) >= 11 is 6.08. The number of piperazine rings is 1. The Morgan fingerprint density at radius 1 is 1.10 bits per heavy atom. The Morgan fingerprint density at radius 2 is 1.82 bits per heavy atom. The number of anilines is 1. The van der Waals surface area contributed by atoms with E-state index in [0.29, 0.717) is 5.56 Å². The smallest absolute Gasteiger partial charge is 0.412 e. The van der Waals surface area contributed by atoms with Crippen molar-refractivity contribution in [1.82, 2.24) is 19.7 Å². The molecule has 3 aromatic rings. The quantitative estimate of drug-likeness (QED) is 0.250. The summed E-state index contributed by atoms with van der Waals surface area (Å²) in [5, 5.41) is 14.3. The Kier molecular flexibility index (Phi) is 14.3. The highest BCUT2D eigenvalue weighted by Gasteiger charge is 2.35. The molecule has 1 saturated heterocycles. The summed E-state index contributed by atoms with van der Waals surface area (Å²) in [6.45, 7) is 5.21. The monoisotopic (exact) mass is 715 g/mol. The molecule has 12 nitrogen and oxygen atoms in total. The van der Waals surface area contributed by atoms with Crippen molar-refractivity contribution in [2.24, 2.45) is 0 Å². The molecule has 0 radical (unpaired) electrons. The van der Waals surface area contributed by atoms with E-state index in [1.807, 2.05) is 24.3 Å². The van der Waals surface area contributed by atoms with Crippen molar-refractivity contribution in [3.05, 3.63) is 71.1 Å². The van der Waals surface area contributed by atoms with Gasteiger partial charge < -0.3 is 24.4 Å². The fraction of sp³-hybridized carbons (Fsp3) is 0.472. The first-order valence-electron chi connectivity index (χ1n) is 16.1. The Balaban J connectivity index is 0.00000676. The second-order valence-corrected chi connectivity index (χ2v) is 13.3. The second-order valence-electron chi connectivity index (χ2n) is 12.9. The van der Waals surface area contributed by atoms with E-state index in [1.165, 1.54) is 21.9 Å². The topological polar surface area (TPSA) is 142 Å². The van der Waals surface area contributed by atoms with Crippen LogP contribution in [0, 0.1) is 5.82 Å². The van der Waals surface area contributed by atoms with Crippen LogP contribution in [-0.2, 0) is 25.5 Å². The molecule has 1 aromatic heterocycles. The van der Waals surface area contributed by atoms with Crippen LogP contribution in [0.1, 0.15) is 53.0 Å². The number of rotatable bonds is 11. The normalized spacial score (nSPS) is 15.1. The molecule has 4 rings (SSSR count). The zero-order chi connectivity index (χ0) is 35.7. The van der Waals surface area contributed by atoms with Gasteiger partial charge in [-0.1, -0.05) is 55.4 Å². The minimum atomic E-state index is -0.782. The number of carbonyl (C=O) groups excluding carboxylic acids is 4. The largest absolute Gasteiger partial charge is 0.447 e. The molecule has 2 N–H and O–H groups in total. The lowest BCUT2D eigenvalue weighted by atomic mass is 10.1. The molecular formula is C36H47ClFN5O7. The van der Waals surface area contributed by atoms with Gasteiger partial charge in [0, 0.05) is 51.1 Å². The summed E-state index contributed by atoms with van der Waals surface area (Å²) < 4.78 is 24.9. The summed E-state index contributed by atoms with van der Waals surface area (Å²) in [5.41, 5.74) is -0.227. The van der Waals surface area contributed by atoms with Gasteiger partial charge in [-0.2, -0.15) is 0 Å². The summed E-state index contributed by atoms with van der Waals surface area (Å²) in [6, 6.07) is 12.3. The van der Waals surface area contributed by atoms with Crippen LogP contribution in [0.5, 0.6) is 0 Å². The first-order chi connectivity index (χ1) is 23.3. The average molecular weight is 716 g/mol. The molecule has 1 fully saturated rings. The molecule has 272 valence electrons.